The number of hydrogen-bond acceptors (Lipinski definition) is 4. The molecule has 0 aliphatic carbocycles. The minimum absolute atomic E-state index is 0.265. The lowest BCUT2D eigenvalue weighted by Gasteiger charge is -2.22. The van der Waals surface area contributed by atoms with Gasteiger partial charge in [0, 0.05) is 6.42 Å². The van der Waals surface area contributed by atoms with Gasteiger partial charge in [-0.25, -0.2) is 4.79 Å². The van der Waals surface area contributed by atoms with Gasteiger partial charge in [0.05, 0.1) is 13.0 Å². The van der Waals surface area contributed by atoms with Crippen molar-refractivity contribution in [3.05, 3.63) is 138 Å². The van der Waals surface area contributed by atoms with Gasteiger partial charge in [-0.3, -0.25) is 4.79 Å². The van der Waals surface area contributed by atoms with E-state index in [2.05, 4.69) is 5.32 Å². The van der Waals surface area contributed by atoms with Crippen molar-refractivity contribution >= 4 is 11.9 Å². The molecule has 0 radical (unpaired) electrons. The number of benzene rings is 4. The maximum atomic E-state index is 13.5. The van der Waals surface area contributed by atoms with E-state index in [1.54, 1.807) is 0 Å². The third kappa shape index (κ3) is 6.60. The van der Waals surface area contributed by atoms with Crippen LogP contribution in [0.25, 0.3) is 0 Å². The number of hydrogen-bond donors (Lipinski definition) is 1. The largest absolute Gasteiger partial charge is 0.489 e. The number of methoxy groups -OCH3 is 1. The average Bonchev–Trinajstić information content (AvgIpc) is 2.93. The van der Waals surface area contributed by atoms with E-state index < -0.39 is 17.9 Å². The van der Waals surface area contributed by atoms with E-state index >= 15 is 0 Å². The Labute approximate surface area is 211 Å². The molecule has 36 heavy (non-hydrogen) atoms. The minimum Gasteiger partial charge on any atom is -0.489 e. The molecule has 5 nitrogen and oxygen atoms in total. The third-order valence-corrected chi connectivity index (χ3v) is 5.92. The summed E-state index contributed by atoms with van der Waals surface area (Å²) in [5.41, 5.74) is 3.62. The van der Waals surface area contributed by atoms with Gasteiger partial charge in [0.2, 0.25) is 5.91 Å². The monoisotopic (exact) mass is 479 g/mol. The Morgan fingerprint density at radius 3 is 1.86 bits per heavy atom. The quantitative estimate of drug-likeness (QED) is 0.314. The summed E-state index contributed by atoms with van der Waals surface area (Å²) in [5.74, 6) is -0.629. The fourth-order valence-corrected chi connectivity index (χ4v) is 4.12. The molecule has 0 heterocycles. The Kier molecular flexibility index (Phi) is 8.49. The second-order valence-electron chi connectivity index (χ2n) is 8.46. The van der Waals surface area contributed by atoms with E-state index in [9.17, 15) is 9.59 Å². The van der Waals surface area contributed by atoms with Crippen molar-refractivity contribution in [2.75, 3.05) is 7.11 Å². The van der Waals surface area contributed by atoms with Gasteiger partial charge in [-0.1, -0.05) is 103 Å². The van der Waals surface area contributed by atoms with E-state index in [1.165, 1.54) is 7.11 Å². The molecule has 4 aromatic carbocycles. The SMILES string of the molecule is COC(=O)[C@@H](Cc1cccc(OCc2ccccc2)c1)NC(=O)C(c1ccccc1)c1ccccc1. The van der Waals surface area contributed by atoms with E-state index in [4.69, 9.17) is 9.47 Å². The molecule has 0 unspecified atom stereocenters. The number of rotatable bonds is 10. The van der Waals surface area contributed by atoms with Crippen molar-refractivity contribution in [2.24, 2.45) is 0 Å². The summed E-state index contributed by atoms with van der Waals surface area (Å²) in [6.07, 6.45) is 0.275. The summed E-state index contributed by atoms with van der Waals surface area (Å²) in [6, 6.07) is 35.7. The van der Waals surface area contributed by atoms with Gasteiger partial charge in [-0.15, -0.1) is 0 Å². The third-order valence-electron chi connectivity index (χ3n) is 5.92. The molecule has 0 saturated carbocycles. The highest BCUT2D eigenvalue weighted by Crippen LogP contribution is 2.25. The summed E-state index contributed by atoms with van der Waals surface area (Å²) in [6.45, 7) is 0.442. The van der Waals surface area contributed by atoms with Gasteiger partial charge in [0.15, 0.2) is 0 Å². The van der Waals surface area contributed by atoms with Crippen LogP contribution in [0.1, 0.15) is 28.2 Å². The number of carbonyl (C=O) groups is 2. The van der Waals surface area contributed by atoms with Crippen molar-refractivity contribution in [3.8, 4) is 5.75 Å². The molecule has 5 heteroatoms. The zero-order valence-corrected chi connectivity index (χ0v) is 20.2. The fourth-order valence-electron chi connectivity index (χ4n) is 4.12. The number of ether oxygens (including phenoxy) is 2. The van der Waals surface area contributed by atoms with E-state index in [0.29, 0.717) is 12.4 Å². The molecular formula is C31H29NO4. The van der Waals surface area contributed by atoms with Crippen LogP contribution < -0.4 is 10.1 Å². The molecule has 0 fully saturated rings. The molecule has 0 aliphatic rings. The van der Waals surface area contributed by atoms with Crippen LogP contribution in [0.3, 0.4) is 0 Å². The number of esters is 1. The standard InChI is InChI=1S/C31H29NO4/c1-35-31(34)28(21-24-14-11-19-27(20-24)36-22-23-12-5-2-6-13-23)32-30(33)29(25-15-7-3-8-16-25)26-17-9-4-10-18-26/h2-20,28-29H,21-22H2,1H3,(H,32,33)/t28-/m1/s1. The van der Waals surface area contributed by atoms with Gasteiger partial charge in [-0.2, -0.15) is 0 Å². The molecule has 0 spiro atoms. The van der Waals surface area contributed by atoms with Gasteiger partial charge < -0.3 is 14.8 Å². The predicted molar refractivity (Wildman–Crippen MR) is 140 cm³/mol. The van der Waals surface area contributed by atoms with Crippen LogP contribution in [-0.2, 0) is 27.4 Å². The molecule has 1 amide bonds. The van der Waals surface area contributed by atoms with E-state index in [-0.39, 0.29) is 12.3 Å². The zero-order chi connectivity index (χ0) is 25.2. The molecule has 0 aromatic heterocycles. The first-order valence-corrected chi connectivity index (χ1v) is 11.9. The first kappa shape index (κ1) is 24.7. The first-order chi connectivity index (χ1) is 17.6. The smallest absolute Gasteiger partial charge is 0.328 e. The fraction of sp³-hybridized carbons (Fsp3) is 0.161. The van der Waals surface area contributed by atoms with E-state index in [0.717, 1.165) is 22.3 Å². The summed E-state index contributed by atoms with van der Waals surface area (Å²) >= 11 is 0. The van der Waals surface area contributed by atoms with E-state index in [1.807, 2.05) is 115 Å². The van der Waals surface area contributed by atoms with Crippen molar-refractivity contribution in [3.63, 3.8) is 0 Å². The summed E-state index contributed by atoms with van der Waals surface area (Å²) in [5, 5.41) is 2.94. The molecule has 0 bridgehead atoms. The van der Waals surface area contributed by atoms with Gasteiger partial charge in [0.1, 0.15) is 18.4 Å². The van der Waals surface area contributed by atoms with Crippen LogP contribution in [0, 0.1) is 0 Å². The van der Waals surface area contributed by atoms with Crippen molar-refractivity contribution in [2.45, 2.75) is 25.0 Å². The van der Waals surface area contributed by atoms with Gasteiger partial charge >= 0.3 is 5.97 Å². The maximum Gasteiger partial charge on any atom is 0.328 e. The van der Waals surface area contributed by atoms with Gasteiger partial charge in [-0.05, 0) is 34.4 Å². The average molecular weight is 480 g/mol. The summed E-state index contributed by atoms with van der Waals surface area (Å²) in [4.78, 5) is 26.2. The molecular weight excluding hydrogens is 450 g/mol. The second kappa shape index (κ2) is 12.4. The topological polar surface area (TPSA) is 64.6 Å². The molecule has 1 atom stereocenters. The van der Waals surface area contributed by atoms with Crippen LogP contribution in [0.4, 0.5) is 0 Å². The molecule has 182 valence electrons. The van der Waals surface area contributed by atoms with Crippen LogP contribution in [0.2, 0.25) is 0 Å². The molecule has 1 N–H and O–H groups in total. The Balaban J connectivity index is 1.51. The Hall–Kier alpha value is -4.38. The molecule has 4 rings (SSSR count). The van der Waals surface area contributed by atoms with Crippen molar-refractivity contribution in [1.82, 2.24) is 5.32 Å². The lowest BCUT2D eigenvalue weighted by molar-refractivity contribution is -0.145. The Bertz CT molecular complexity index is 1220. The molecule has 4 aromatic rings. The Morgan fingerprint density at radius 1 is 0.722 bits per heavy atom. The van der Waals surface area contributed by atoms with Crippen LogP contribution >= 0.6 is 0 Å². The minimum atomic E-state index is -0.846. The molecule has 0 aliphatic heterocycles. The Morgan fingerprint density at radius 2 is 1.28 bits per heavy atom. The first-order valence-electron chi connectivity index (χ1n) is 11.9. The summed E-state index contributed by atoms with van der Waals surface area (Å²) in [7, 11) is 1.33. The van der Waals surface area contributed by atoms with Crippen molar-refractivity contribution < 1.29 is 19.1 Å². The highest BCUT2D eigenvalue weighted by molar-refractivity contribution is 5.91. The van der Waals surface area contributed by atoms with Crippen molar-refractivity contribution in [1.29, 1.82) is 0 Å². The maximum absolute atomic E-state index is 13.5. The van der Waals surface area contributed by atoms with Crippen LogP contribution in [0.15, 0.2) is 115 Å². The highest BCUT2D eigenvalue weighted by atomic mass is 16.5. The van der Waals surface area contributed by atoms with Crippen LogP contribution in [-0.4, -0.2) is 25.0 Å². The highest BCUT2D eigenvalue weighted by Gasteiger charge is 2.28. The number of amides is 1. The number of carbonyl (C=O) groups excluding carboxylic acids is 2. The second-order valence-corrected chi connectivity index (χ2v) is 8.46. The predicted octanol–water partition coefficient (Wildman–Crippen LogP) is 5.30. The lowest BCUT2D eigenvalue weighted by atomic mass is 9.90. The molecule has 0 saturated heterocycles. The lowest BCUT2D eigenvalue weighted by Crippen LogP contribution is -2.45. The van der Waals surface area contributed by atoms with Gasteiger partial charge in [0.25, 0.3) is 0 Å². The number of nitrogens with one attached hydrogen (secondary N) is 1. The normalized spacial score (nSPS) is 11.5. The zero-order valence-electron chi connectivity index (χ0n) is 20.2. The van der Waals surface area contributed by atoms with Crippen LogP contribution in [0.5, 0.6) is 5.75 Å². The summed E-state index contributed by atoms with van der Waals surface area (Å²) < 4.78 is 11.0.